The second-order valence-electron chi connectivity index (χ2n) is 6.53. The van der Waals surface area contributed by atoms with Crippen molar-refractivity contribution in [2.75, 3.05) is 17.2 Å². The molecule has 0 bridgehead atoms. The van der Waals surface area contributed by atoms with Crippen LogP contribution in [0.2, 0.25) is 0 Å². The van der Waals surface area contributed by atoms with Crippen molar-refractivity contribution >= 4 is 17.3 Å². The summed E-state index contributed by atoms with van der Waals surface area (Å²) in [6.45, 7) is 1.37. The highest BCUT2D eigenvalue weighted by atomic mass is 16.1. The third-order valence-corrected chi connectivity index (χ3v) is 4.52. The van der Waals surface area contributed by atoms with Gasteiger partial charge in [-0.1, -0.05) is 54.6 Å². The van der Waals surface area contributed by atoms with Gasteiger partial charge in [-0.3, -0.25) is 9.48 Å². The Labute approximate surface area is 169 Å². The van der Waals surface area contributed by atoms with Gasteiger partial charge in [-0.05, 0) is 29.8 Å². The molecule has 3 aromatic carbocycles. The molecule has 0 aliphatic carbocycles. The zero-order valence-corrected chi connectivity index (χ0v) is 15.8. The number of nitrogens with zero attached hydrogens (tertiary/aromatic N) is 3. The van der Waals surface area contributed by atoms with Gasteiger partial charge in [0.2, 0.25) is 0 Å². The van der Waals surface area contributed by atoms with Crippen molar-refractivity contribution in [1.82, 2.24) is 14.8 Å². The molecular weight excluding hydrogens is 362 g/mol. The van der Waals surface area contributed by atoms with Crippen LogP contribution >= 0.6 is 0 Å². The molecule has 6 nitrogen and oxygen atoms in total. The monoisotopic (exact) mass is 383 g/mol. The molecule has 6 heteroatoms. The van der Waals surface area contributed by atoms with E-state index in [1.807, 2.05) is 54.6 Å². The van der Waals surface area contributed by atoms with Gasteiger partial charge in [-0.15, -0.1) is 0 Å². The van der Waals surface area contributed by atoms with E-state index in [1.165, 1.54) is 6.33 Å². The number of benzene rings is 3. The molecule has 4 rings (SSSR count). The summed E-state index contributed by atoms with van der Waals surface area (Å²) in [5.74, 6) is -0.133. The van der Waals surface area contributed by atoms with Gasteiger partial charge >= 0.3 is 0 Å². The predicted molar refractivity (Wildman–Crippen MR) is 115 cm³/mol. The molecule has 0 saturated heterocycles. The predicted octanol–water partition coefficient (Wildman–Crippen LogP) is 4.31. The molecule has 1 amide bonds. The van der Waals surface area contributed by atoms with E-state index in [9.17, 15) is 4.79 Å². The Kier molecular flexibility index (Phi) is 5.62. The summed E-state index contributed by atoms with van der Waals surface area (Å²) in [4.78, 5) is 16.5. The first kappa shape index (κ1) is 18.4. The summed E-state index contributed by atoms with van der Waals surface area (Å²) in [6.07, 6.45) is 3.21. The summed E-state index contributed by atoms with van der Waals surface area (Å²) < 4.78 is 1.77. The van der Waals surface area contributed by atoms with E-state index in [1.54, 1.807) is 23.1 Å². The van der Waals surface area contributed by atoms with Crippen LogP contribution in [0.1, 0.15) is 10.4 Å². The highest BCUT2D eigenvalue weighted by molar-refractivity contribution is 6.04. The van der Waals surface area contributed by atoms with Gasteiger partial charge in [-0.25, -0.2) is 4.98 Å². The molecule has 0 aliphatic rings. The smallest absolute Gasteiger partial charge is 0.255 e. The fraction of sp³-hybridized carbons (Fsp3) is 0.0870. The standard InChI is InChI=1S/C23H21N5O/c29-23(19-9-5-2-6-10-19)27-20-11-12-21(18-7-3-1-4-8-18)22(15-20)25-13-14-28-17-24-16-26-28/h1-12,15-17,25H,13-14H2,(H,27,29). The van der Waals surface area contributed by atoms with Crippen LogP contribution in [0.3, 0.4) is 0 Å². The van der Waals surface area contributed by atoms with E-state index >= 15 is 0 Å². The number of anilines is 2. The molecule has 0 saturated carbocycles. The van der Waals surface area contributed by atoms with Crippen molar-refractivity contribution in [2.45, 2.75) is 6.54 Å². The molecule has 144 valence electrons. The van der Waals surface area contributed by atoms with Crippen molar-refractivity contribution in [2.24, 2.45) is 0 Å². The van der Waals surface area contributed by atoms with Crippen molar-refractivity contribution in [3.8, 4) is 11.1 Å². The van der Waals surface area contributed by atoms with Crippen LogP contribution in [0.15, 0.2) is 91.5 Å². The lowest BCUT2D eigenvalue weighted by molar-refractivity contribution is 0.102. The number of rotatable bonds is 7. The first-order chi connectivity index (χ1) is 14.3. The molecule has 2 N–H and O–H groups in total. The number of hydrogen-bond acceptors (Lipinski definition) is 4. The maximum atomic E-state index is 12.5. The van der Waals surface area contributed by atoms with Crippen molar-refractivity contribution in [3.63, 3.8) is 0 Å². The summed E-state index contributed by atoms with van der Waals surface area (Å²) in [5.41, 5.74) is 4.49. The maximum Gasteiger partial charge on any atom is 0.255 e. The van der Waals surface area contributed by atoms with Crippen LogP contribution in [0.5, 0.6) is 0 Å². The van der Waals surface area contributed by atoms with Gasteiger partial charge in [0, 0.05) is 29.0 Å². The van der Waals surface area contributed by atoms with Crippen LogP contribution in [0.25, 0.3) is 11.1 Å². The summed E-state index contributed by atoms with van der Waals surface area (Å²) in [6, 6.07) is 25.3. The summed E-state index contributed by atoms with van der Waals surface area (Å²) in [5, 5.41) is 10.6. The van der Waals surface area contributed by atoms with Crippen molar-refractivity contribution in [1.29, 1.82) is 0 Å². The molecule has 1 aromatic heterocycles. The van der Waals surface area contributed by atoms with E-state index in [2.05, 4.69) is 32.8 Å². The first-order valence-electron chi connectivity index (χ1n) is 9.42. The van der Waals surface area contributed by atoms with Gasteiger partial charge in [0.25, 0.3) is 5.91 Å². The van der Waals surface area contributed by atoms with Gasteiger partial charge < -0.3 is 10.6 Å². The molecule has 0 atom stereocenters. The number of carbonyl (C=O) groups is 1. The minimum atomic E-state index is -0.133. The Morgan fingerprint density at radius 1 is 0.931 bits per heavy atom. The average molecular weight is 383 g/mol. The molecule has 0 fully saturated rings. The fourth-order valence-electron chi connectivity index (χ4n) is 3.08. The van der Waals surface area contributed by atoms with Gasteiger partial charge in [0.1, 0.15) is 12.7 Å². The second-order valence-corrected chi connectivity index (χ2v) is 6.53. The molecule has 0 spiro atoms. The third-order valence-electron chi connectivity index (χ3n) is 4.52. The lowest BCUT2D eigenvalue weighted by Gasteiger charge is -2.15. The van der Waals surface area contributed by atoms with Crippen LogP contribution in [-0.4, -0.2) is 27.2 Å². The Bertz CT molecular complexity index is 1060. The number of carbonyl (C=O) groups excluding carboxylic acids is 1. The zero-order valence-electron chi connectivity index (χ0n) is 15.8. The lowest BCUT2D eigenvalue weighted by atomic mass is 10.0. The molecule has 0 unspecified atom stereocenters. The minimum Gasteiger partial charge on any atom is -0.383 e. The van der Waals surface area contributed by atoms with E-state index in [-0.39, 0.29) is 5.91 Å². The lowest BCUT2D eigenvalue weighted by Crippen LogP contribution is -2.13. The fourth-order valence-corrected chi connectivity index (χ4v) is 3.08. The van der Waals surface area contributed by atoms with E-state index in [0.29, 0.717) is 18.7 Å². The first-order valence-corrected chi connectivity index (χ1v) is 9.42. The number of aromatic nitrogens is 3. The average Bonchev–Trinajstić information content (AvgIpc) is 3.29. The molecule has 0 aliphatic heterocycles. The molecule has 29 heavy (non-hydrogen) atoms. The Morgan fingerprint density at radius 2 is 1.69 bits per heavy atom. The highest BCUT2D eigenvalue weighted by Crippen LogP contribution is 2.30. The molecular formula is C23H21N5O. The van der Waals surface area contributed by atoms with E-state index < -0.39 is 0 Å². The Hall–Kier alpha value is -3.93. The van der Waals surface area contributed by atoms with Crippen molar-refractivity contribution < 1.29 is 4.79 Å². The van der Waals surface area contributed by atoms with Gasteiger partial charge in [-0.2, -0.15) is 5.10 Å². The third kappa shape index (κ3) is 4.68. The van der Waals surface area contributed by atoms with Gasteiger partial charge in [0.05, 0.1) is 6.54 Å². The zero-order chi connectivity index (χ0) is 19.9. The molecule has 0 radical (unpaired) electrons. The molecule has 4 aromatic rings. The summed E-state index contributed by atoms with van der Waals surface area (Å²) >= 11 is 0. The number of hydrogen-bond donors (Lipinski definition) is 2. The van der Waals surface area contributed by atoms with Crippen LogP contribution in [-0.2, 0) is 6.54 Å². The van der Waals surface area contributed by atoms with Crippen molar-refractivity contribution in [3.05, 3.63) is 97.1 Å². The van der Waals surface area contributed by atoms with Crippen LogP contribution < -0.4 is 10.6 Å². The quantitative estimate of drug-likeness (QED) is 0.499. The SMILES string of the molecule is O=C(Nc1ccc(-c2ccccc2)c(NCCn2cncn2)c1)c1ccccc1. The number of nitrogens with one attached hydrogen (secondary N) is 2. The largest absolute Gasteiger partial charge is 0.383 e. The minimum absolute atomic E-state index is 0.133. The topological polar surface area (TPSA) is 71.8 Å². The van der Waals surface area contributed by atoms with Gasteiger partial charge in [0.15, 0.2) is 0 Å². The molecule has 1 heterocycles. The Morgan fingerprint density at radius 3 is 2.41 bits per heavy atom. The summed E-state index contributed by atoms with van der Waals surface area (Å²) in [7, 11) is 0. The Balaban J connectivity index is 1.56. The van der Waals surface area contributed by atoms with E-state index in [0.717, 1.165) is 22.5 Å². The second kappa shape index (κ2) is 8.84. The van der Waals surface area contributed by atoms with Crippen LogP contribution in [0, 0.1) is 0 Å². The maximum absolute atomic E-state index is 12.5. The normalized spacial score (nSPS) is 10.5. The van der Waals surface area contributed by atoms with E-state index in [4.69, 9.17) is 0 Å². The highest BCUT2D eigenvalue weighted by Gasteiger charge is 2.10. The van der Waals surface area contributed by atoms with Crippen LogP contribution in [0.4, 0.5) is 11.4 Å². The number of amides is 1.